The van der Waals surface area contributed by atoms with Crippen molar-refractivity contribution in [2.45, 2.75) is 50.6 Å². The second-order valence-corrected chi connectivity index (χ2v) is 5.37. The number of aromatic nitrogens is 3. The molecule has 0 bridgehead atoms. The van der Waals surface area contributed by atoms with Gasteiger partial charge in [-0.1, -0.05) is 12.8 Å². The smallest absolute Gasteiger partial charge is 0.225 e. The molecule has 0 amide bonds. The van der Waals surface area contributed by atoms with Crippen LogP contribution in [0.1, 0.15) is 44.6 Å². The number of nitrogens with zero attached hydrogens (tertiary/aromatic N) is 3. The molecule has 2 fully saturated rings. The topological polar surface area (TPSA) is 36.9 Å². The summed E-state index contributed by atoms with van der Waals surface area (Å²) in [6.45, 7) is 0. The van der Waals surface area contributed by atoms with Crippen LogP contribution in [-0.4, -0.2) is 27.9 Å². The van der Waals surface area contributed by atoms with Crippen molar-refractivity contribution in [2.75, 3.05) is 11.9 Å². The van der Waals surface area contributed by atoms with Gasteiger partial charge in [-0.05, 0) is 37.9 Å². The van der Waals surface area contributed by atoms with E-state index in [0.29, 0.717) is 12.1 Å². The lowest BCUT2D eigenvalue weighted by atomic mass is 10.2. The maximum Gasteiger partial charge on any atom is 0.225 e. The molecule has 0 aromatic carbocycles. The summed E-state index contributed by atoms with van der Waals surface area (Å²) in [6, 6.07) is 1.26. The van der Waals surface area contributed by atoms with Gasteiger partial charge >= 0.3 is 0 Å². The summed E-state index contributed by atoms with van der Waals surface area (Å²) in [5.74, 6) is 1.04. The fourth-order valence-electron chi connectivity index (χ4n) is 2.66. The summed E-state index contributed by atoms with van der Waals surface area (Å²) in [5.41, 5.74) is 0. The third kappa shape index (κ3) is 1.67. The molecule has 0 aliphatic heterocycles. The Morgan fingerprint density at radius 3 is 2.62 bits per heavy atom. The van der Waals surface area contributed by atoms with Gasteiger partial charge in [-0.3, -0.25) is 4.57 Å². The lowest BCUT2D eigenvalue weighted by Crippen LogP contribution is -2.24. The second-order valence-electron chi connectivity index (χ2n) is 4.98. The molecule has 2 aliphatic rings. The van der Waals surface area contributed by atoms with Gasteiger partial charge in [0, 0.05) is 19.1 Å². The lowest BCUT2D eigenvalue weighted by molar-refractivity contribution is 0.508. The van der Waals surface area contributed by atoms with Crippen LogP contribution in [0.25, 0.3) is 0 Å². The number of rotatable bonds is 3. The highest BCUT2D eigenvalue weighted by Crippen LogP contribution is 2.35. The number of hydrogen-bond acceptors (Lipinski definition) is 3. The molecule has 16 heavy (non-hydrogen) atoms. The van der Waals surface area contributed by atoms with E-state index in [0.717, 1.165) is 10.7 Å². The molecule has 1 heterocycles. The van der Waals surface area contributed by atoms with Gasteiger partial charge in [0.15, 0.2) is 4.77 Å². The van der Waals surface area contributed by atoms with Crippen molar-refractivity contribution in [3.05, 3.63) is 4.77 Å². The first-order valence-corrected chi connectivity index (χ1v) is 6.58. The fourth-order valence-corrected chi connectivity index (χ4v) is 2.94. The van der Waals surface area contributed by atoms with Crippen molar-refractivity contribution < 1.29 is 0 Å². The summed E-state index contributed by atoms with van der Waals surface area (Å²) in [4.78, 5) is 2.28. The first-order valence-electron chi connectivity index (χ1n) is 6.17. The first kappa shape index (κ1) is 10.3. The molecule has 0 unspecified atom stereocenters. The van der Waals surface area contributed by atoms with E-state index in [1.54, 1.807) is 0 Å². The molecule has 1 aromatic rings. The van der Waals surface area contributed by atoms with Gasteiger partial charge < -0.3 is 4.90 Å². The van der Waals surface area contributed by atoms with E-state index >= 15 is 0 Å². The summed E-state index contributed by atoms with van der Waals surface area (Å²) in [7, 11) is 2.13. The minimum Gasteiger partial charge on any atom is -0.341 e. The Morgan fingerprint density at radius 1 is 1.31 bits per heavy atom. The van der Waals surface area contributed by atoms with Crippen LogP contribution in [0, 0.1) is 4.77 Å². The highest BCUT2D eigenvalue weighted by molar-refractivity contribution is 7.71. The van der Waals surface area contributed by atoms with E-state index < -0.39 is 0 Å². The van der Waals surface area contributed by atoms with E-state index in [4.69, 9.17) is 12.2 Å². The van der Waals surface area contributed by atoms with Gasteiger partial charge in [-0.15, -0.1) is 5.10 Å². The predicted octanol–water partition coefficient (Wildman–Crippen LogP) is 2.65. The Morgan fingerprint density at radius 2 is 2.00 bits per heavy atom. The molecule has 0 radical (unpaired) electrons. The van der Waals surface area contributed by atoms with Gasteiger partial charge in [-0.25, -0.2) is 5.10 Å². The molecule has 5 heteroatoms. The van der Waals surface area contributed by atoms with Crippen LogP contribution in [0.2, 0.25) is 0 Å². The van der Waals surface area contributed by atoms with Crippen molar-refractivity contribution in [1.82, 2.24) is 14.8 Å². The predicted molar refractivity (Wildman–Crippen MR) is 66.3 cm³/mol. The molecule has 1 N–H and O–H groups in total. The molecule has 88 valence electrons. The van der Waals surface area contributed by atoms with E-state index in [-0.39, 0.29) is 0 Å². The van der Waals surface area contributed by atoms with Crippen LogP contribution in [0.3, 0.4) is 0 Å². The summed E-state index contributed by atoms with van der Waals surface area (Å²) < 4.78 is 3.02. The average Bonchev–Trinajstić information content (AvgIpc) is 2.85. The maximum atomic E-state index is 5.35. The molecule has 2 aliphatic carbocycles. The molecule has 0 saturated heterocycles. The van der Waals surface area contributed by atoms with E-state index in [2.05, 4.69) is 26.7 Å². The van der Waals surface area contributed by atoms with Crippen molar-refractivity contribution >= 4 is 18.2 Å². The number of anilines is 1. The molecular formula is C11H18N4S. The lowest BCUT2D eigenvalue weighted by Gasteiger charge is -2.21. The number of H-pyrrole nitrogens is 1. The zero-order valence-corrected chi connectivity index (χ0v) is 10.5. The fraction of sp³-hybridized carbons (Fsp3) is 0.818. The molecule has 4 nitrogen and oxygen atoms in total. The highest BCUT2D eigenvalue weighted by Gasteiger charge is 2.31. The third-order valence-electron chi connectivity index (χ3n) is 3.79. The molecular weight excluding hydrogens is 220 g/mol. The Bertz CT molecular complexity index is 425. The van der Waals surface area contributed by atoms with Crippen LogP contribution in [-0.2, 0) is 0 Å². The summed E-state index contributed by atoms with van der Waals surface area (Å²) in [6.07, 6.45) is 7.73. The van der Waals surface area contributed by atoms with E-state index in [1.165, 1.54) is 38.5 Å². The zero-order valence-electron chi connectivity index (χ0n) is 9.65. The minimum absolute atomic E-state index is 0.572. The SMILES string of the molecule is CN(c1n[nH]c(=S)n1C1CCCC1)C1CC1. The largest absolute Gasteiger partial charge is 0.341 e. The Hall–Kier alpha value is -0.840. The van der Waals surface area contributed by atoms with Gasteiger partial charge in [0.25, 0.3) is 0 Å². The first-order chi connectivity index (χ1) is 7.77. The Balaban J connectivity index is 1.94. The Kier molecular flexibility index (Phi) is 2.50. The van der Waals surface area contributed by atoms with E-state index in [1.807, 2.05) is 0 Å². The summed E-state index contributed by atoms with van der Waals surface area (Å²) in [5, 5.41) is 7.35. The van der Waals surface area contributed by atoms with Gasteiger partial charge in [0.1, 0.15) is 0 Å². The normalized spacial score (nSPS) is 21.6. The molecule has 0 atom stereocenters. The van der Waals surface area contributed by atoms with Crippen molar-refractivity contribution in [3.63, 3.8) is 0 Å². The van der Waals surface area contributed by atoms with Gasteiger partial charge in [0.05, 0.1) is 0 Å². The van der Waals surface area contributed by atoms with Crippen LogP contribution in [0.5, 0.6) is 0 Å². The number of hydrogen-bond donors (Lipinski definition) is 1. The van der Waals surface area contributed by atoms with Crippen molar-refractivity contribution in [3.8, 4) is 0 Å². The average molecular weight is 238 g/mol. The quantitative estimate of drug-likeness (QED) is 0.823. The van der Waals surface area contributed by atoms with Crippen LogP contribution < -0.4 is 4.90 Å². The standard InChI is InChI=1S/C11H18N4S/c1-14(8-6-7-8)10-12-13-11(16)15(10)9-4-2-3-5-9/h8-9H,2-7H2,1H3,(H,13,16). The number of nitrogens with one attached hydrogen (secondary N) is 1. The van der Waals surface area contributed by atoms with Gasteiger partial charge in [0.2, 0.25) is 5.95 Å². The van der Waals surface area contributed by atoms with Crippen LogP contribution in [0.4, 0.5) is 5.95 Å². The molecule has 1 aromatic heterocycles. The van der Waals surface area contributed by atoms with Crippen LogP contribution >= 0.6 is 12.2 Å². The minimum atomic E-state index is 0.572. The molecule has 0 spiro atoms. The van der Waals surface area contributed by atoms with E-state index in [9.17, 15) is 0 Å². The van der Waals surface area contributed by atoms with Gasteiger partial charge in [-0.2, -0.15) is 0 Å². The second kappa shape index (κ2) is 3.87. The number of aromatic amines is 1. The van der Waals surface area contributed by atoms with Crippen molar-refractivity contribution in [1.29, 1.82) is 0 Å². The summed E-state index contributed by atoms with van der Waals surface area (Å²) >= 11 is 5.35. The van der Waals surface area contributed by atoms with Crippen LogP contribution in [0.15, 0.2) is 0 Å². The Labute approximate surface area is 101 Å². The zero-order chi connectivity index (χ0) is 11.1. The van der Waals surface area contributed by atoms with Crippen molar-refractivity contribution in [2.24, 2.45) is 0 Å². The third-order valence-corrected chi connectivity index (χ3v) is 4.07. The monoisotopic (exact) mass is 238 g/mol. The highest BCUT2D eigenvalue weighted by atomic mass is 32.1. The molecule has 3 rings (SSSR count). The maximum absolute atomic E-state index is 5.35. The molecule has 2 saturated carbocycles.